The van der Waals surface area contributed by atoms with Crippen LogP contribution in [-0.4, -0.2) is 23.1 Å². The molecule has 2 unspecified atom stereocenters. The Balaban J connectivity index is 2.03. The van der Waals surface area contributed by atoms with Crippen LogP contribution < -0.4 is 0 Å². The minimum atomic E-state index is -0.411. The lowest BCUT2D eigenvalue weighted by Gasteiger charge is -2.42. The molecule has 1 aromatic rings. The average Bonchev–Trinajstić information content (AvgIpc) is 2.90. The molecule has 2 aliphatic rings. The number of Topliss-reactive ketones (excluding diaryl/α,β-unsaturated/α-hetero) is 1. The van der Waals surface area contributed by atoms with Crippen LogP contribution >= 0.6 is 0 Å². The Morgan fingerprint density at radius 2 is 1.91 bits per heavy atom. The van der Waals surface area contributed by atoms with E-state index in [1.54, 1.807) is 0 Å². The number of fused-ring (bicyclic) bond motifs is 1. The standard InChI is InChI=1S/C19H25NO2/c1-19(2,3)18(22)20-12-11-13-7-4-5-8-14(13)17(20)15-9-6-10-16(15)21/h4-5,7-8,15,17H,6,9-12H2,1-3H3. The summed E-state index contributed by atoms with van der Waals surface area (Å²) in [4.78, 5) is 27.3. The van der Waals surface area contributed by atoms with Gasteiger partial charge in [-0.2, -0.15) is 0 Å². The number of carbonyl (C=O) groups excluding carboxylic acids is 2. The number of carbonyl (C=O) groups is 2. The van der Waals surface area contributed by atoms with Crippen molar-refractivity contribution >= 4 is 11.7 Å². The molecule has 3 nitrogen and oxygen atoms in total. The molecular formula is C19H25NO2. The predicted octanol–water partition coefficient (Wildman–Crippen LogP) is 3.53. The van der Waals surface area contributed by atoms with Crippen molar-refractivity contribution in [2.24, 2.45) is 11.3 Å². The quantitative estimate of drug-likeness (QED) is 0.795. The molecule has 3 heteroatoms. The third kappa shape index (κ3) is 2.57. The van der Waals surface area contributed by atoms with E-state index in [1.165, 1.54) is 11.1 Å². The molecule has 1 amide bonds. The zero-order valence-electron chi connectivity index (χ0n) is 13.8. The van der Waals surface area contributed by atoms with E-state index in [9.17, 15) is 9.59 Å². The Labute approximate surface area is 132 Å². The van der Waals surface area contributed by atoms with E-state index in [4.69, 9.17) is 0 Å². The Morgan fingerprint density at radius 3 is 2.55 bits per heavy atom. The molecule has 2 atom stereocenters. The summed E-state index contributed by atoms with van der Waals surface area (Å²) in [5.41, 5.74) is 2.07. The second-order valence-electron chi connectivity index (χ2n) is 7.61. The van der Waals surface area contributed by atoms with Crippen LogP contribution in [0.5, 0.6) is 0 Å². The van der Waals surface area contributed by atoms with Gasteiger partial charge >= 0.3 is 0 Å². The molecule has 0 spiro atoms. The summed E-state index contributed by atoms with van der Waals surface area (Å²) < 4.78 is 0. The molecule has 1 saturated carbocycles. The summed E-state index contributed by atoms with van der Waals surface area (Å²) in [6.07, 6.45) is 3.42. The smallest absolute Gasteiger partial charge is 0.228 e. The first-order valence-electron chi connectivity index (χ1n) is 8.31. The highest BCUT2D eigenvalue weighted by molar-refractivity contribution is 5.87. The molecule has 0 N–H and O–H groups in total. The molecule has 0 aromatic heterocycles. The topological polar surface area (TPSA) is 37.4 Å². The van der Waals surface area contributed by atoms with Gasteiger partial charge in [0.2, 0.25) is 5.91 Å². The molecule has 1 aromatic carbocycles. The van der Waals surface area contributed by atoms with Crippen LogP contribution in [0.4, 0.5) is 0 Å². The van der Waals surface area contributed by atoms with Gasteiger partial charge in [0.25, 0.3) is 0 Å². The van der Waals surface area contributed by atoms with E-state index in [1.807, 2.05) is 37.8 Å². The summed E-state index contributed by atoms with van der Waals surface area (Å²) in [5.74, 6) is 0.466. The average molecular weight is 299 g/mol. The minimum Gasteiger partial charge on any atom is -0.334 e. The first-order valence-corrected chi connectivity index (χ1v) is 8.31. The minimum absolute atomic E-state index is 0.0206. The Morgan fingerprint density at radius 1 is 1.18 bits per heavy atom. The van der Waals surface area contributed by atoms with E-state index in [0.717, 1.165) is 25.8 Å². The number of rotatable bonds is 1. The maximum absolute atomic E-state index is 12.9. The fourth-order valence-electron chi connectivity index (χ4n) is 3.87. The third-order valence-corrected chi connectivity index (χ3v) is 4.97. The van der Waals surface area contributed by atoms with Gasteiger partial charge < -0.3 is 4.90 Å². The van der Waals surface area contributed by atoms with Crippen LogP contribution in [-0.2, 0) is 16.0 Å². The van der Waals surface area contributed by atoms with Crippen LogP contribution in [0.2, 0.25) is 0 Å². The van der Waals surface area contributed by atoms with Crippen molar-refractivity contribution in [1.29, 1.82) is 0 Å². The SMILES string of the molecule is CC(C)(C)C(=O)N1CCc2ccccc2C1C1CCCC1=O. The molecule has 3 rings (SSSR count). The molecule has 0 saturated heterocycles. The highest BCUT2D eigenvalue weighted by Gasteiger charge is 2.43. The maximum atomic E-state index is 12.9. The van der Waals surface area contributed by atoms with Crippen molar-refractivity contribution in [1.82, 2.24) is 4.90 Å². The largest absolute Gasteiger partial charge is 0.334 e. The second kappa shape index (κ2) is 5.53. The highest BCUT2D eigenvalue weighted by atomic mass is 16.2. The number of ketones is 1. The van der Waals surface area contributed by atoms with Gasteiger partial charge in [-0.15, -0.1) is 0 Å². The van der Waals surface area contributed by atoms with Gasteiger partial charge in [-0.1, -0.05) is 45.0 Å². The molecule has 1 fully saturated rings. The normalized spacial score (nSPS) is 25.2. The van der Waals surface area contributed by atoms with Gasteiger partial charge in [0.05, 0.1) is 6.04 Å². The van der Waals surface area contributed by atoms with Crippen LogP contribution in [0.25, 0.3) is 0 Å². The molecule has 0 bridgehead atoms. The first-order chi connectivity index (χ1) is 10.4. The molecule has 1 aliphatic heterocycles. The van der Waals surface area contributed by atoms with Crippen molar-refractivity contribution in [3.8, 4) is 0 Å². The summed E-state index contributed by atoms with van der Waals surface area (Å²) in [6.45, 7) is 6.61. The zero-order valence-corrected chi connectivity index (χ0v) is 13.8. The Hall–Kier alpha value is -1.64. The zero-order chi connectivity index (χ0) is 15.9. The lowest BCUT2D eigenvalue weighted by molar-refractivity contribution is -0.144. The van der Waals surface area contributed by atoms with Gasteiger partial charge in [0.15, 0.2) is 0 Å². The monoisotopic (exact) mass is 299 g/mol. The fraction of sp³-hybridized carbons (Fsp3) is 0.579. The van der Waals surface area contributed by atoms with E-state index in [2.05, 4.69) is 12.1 Å². The van der Waals surface area contributed by atoms with Crippen LogP contribution in [0.3, 0.4) is 0 Å². The van der Waals surface area contributed by atoms with Crippen LogP contribution in [0.1, 0.15) is 57.2 Å². The van der Waals surface area contributed by atoms with Crippen molar-refractivity contribution in [2.75, 3.05) is 6.54 Å². The summed E-state index contributed by atoms with van der Waals surface area (Å²) in [6, 6.07) is 8.25. The molecule has 118 valence electrons. The Kier molecular flexibility index (Phi) is 3.84. The first kappa shape index (κ1) is 15.3. The molecule has 0 radical (unpaired) electrons. The fourth-order valence-corrected chi connectivity index (χ4v) is 3.87. The van der Waals surface area contributed by atoms with Crippen molar-refractivity contribution in [2.45, 2.75) is 52.5 Å². The highest BCUT2D eigenvalue weighted by Crippen LogP contribution is 2.42. The molecule has 22 heavy (non-hydrogen) atoms. The summed E-state index contributed by atoms with van der Waals surface area (Å²) in [7, 11) is 0. The number of amides is 1. The lowest BCUT2D eigenvalue weighted by Crippen LogP contribution is -2.48. The van der Waals surface area contributed by atoms with Gasteiger partial charge in [-0.25, -0.2) is 0 Å². The van der Waals surface area contributed by atoms with E-state index in [0.29, 0.717) is 12.2 Å². The van der Waals surface area contributed by atoms with Gasteiger partial charge in [-0.05, 0) is 30.4 Å². The van der Waals surface area contributed by atoms with Gasteiger partial charge in [-0.3, -0.25) is 9.59 Å². The molecule has 1 heterocycles. The van der Waals surface area contributed by atoms with Crippen molar-refractivity contribution in [3.05, 3.63) is 35.4 Å². The molecular weight excluding hydrogens is 274 g/mol. The van der Waals surface area contributed by atoms with Crippen molar-refractivity contribution < 1.29 is 9.59 Å². The van der Waals surface area contributed by atoms with E-state index < -0.39 is 5.41 Å². The van der Waals surface area contributed by atoms with Gasteiger partial charge in [0.1, 0.15) is 5.78 Å². The third-order valence-electron chi connectivity index (χ3n) is 4.97. The van der Waals surface area contributed by atoms with E-state index >= 15 is 0 Å². The number of hydrogen-bond acceptors (Lipinski definition) is 2. The summed E-state index contributed by atoms with van der Waals surface area (Å²) in [5, 5.41) is 0. The van der Waals surface area contributed by atoms with Gasteiger partial charge in [0, 0.05) is 24.3 Å². The predicted molar refractivity (Wildman–Crippen MR) is 86.4 cm³/mol. The summed E-state index contributed by atoms with van der Waals surface area (Å²) >= 11 is 0. The Bertz CT molecular complexity index is 600. The lowest BCUT2D eigenvalue weighted by atomic mass is 9.81. The van der Waals surface area contributed by atoms with Crippen LogP contribution in [0.15, 0.2) is 24.3 Å². The number of benzene rings is 1. The number of nitrogens with zero attached hydrogens (tertiary/aromatic N) is 1. The van der Waals surface area contributed by atoms with Crippen molar-refractivity contribution in [3.63, 3.8) is 0 Å². The maximum Gasteiger partial charge on any atom is 0.228 e. The van der Waals surface area contributed by atoms with E-state index in [-0.39, 0.29) is 17.9 Å². The number of hydrogen-bond donors (Lipinski definition) is 0. The second-order valence-corrected chi connectivity index (χ2v) is 7.61. The van der Waals surface area contributed by atoms with Crippen LogP contribution in [0, 0.1) is 11.3 Å². The molecule has 1 aliphatic carbocycles.